The highest BCUT2D eigenvalue weighted by molar-refractivity contribution is 5.95. The molecular formula is C19H22N4O5. The van der Waals surface area contributed by atoms with Crippen molar-refractivity contribution in [1.29, 1.82) is 0 Å². The number of carbonyl (C=O) groups is 2. The van der Waals surface area contributed by atoms with Crippen molar-refractivity contribution < 1.29 is 19.1 Å². The highest BCUT2D eigenvalue weighted by Crippen LogP contribution is 2.24. The van der Waals surface area contributed by atoms with Gasteiger partial charge in [-0.1, -0.05) is 0 Å². The van der Waals surface area contributed by atoms with Crippen LogP contribution in [0.2, 0.25) is 0 Å². The molecule has 3 rings (SSSR count). The fourth-order valence-electron chi connectivity index (χ4n) is 3.07. The van der Waals surface area contributed by atoms with E-state index < -0.39 is 0 Å². The summed E-state index contributed by atoms with van der Waals surface area (Å²) in [5, 5.41) is 8.85. The Labute approximate surface area is 161 Å². The Morgan fingerprint density at radius 2 is 1.75 bits per heavy atom. The predicted octanol–water partition coefficient (Wildman–Crippen LogP) is 0.822. The van der Waals surface area contributed by atoms with E-state index in [1.165, 1.54) is 26.4 Å². The summed E-state index contributed by atoms with van der Waals surface area (Å²) in [5.41, 5.74) is 0.287. The summed E-state index contributed by atoms with van der Waals surface area (Å²) in [6.45, 7) is 1.03. The Morgan fingerprint density at radius 3 is 2.29 bits per heavy atom. The first-order valence-corrected chi connectivity index (χ1v) is 8.89. The van der Waals surface area contributed by atoms with E-state index in [1.54, 1.807) is 23.1 Å². The van der Waals surface area contributed by atoms with Crippen molar-refractivity contribution in [2.24, 2.45) is 0 Å². The number of piperidine rings is 1. The standard InChI is InChI=1S/C19H22N4O5/c1-27-14-9-12(10-15(11-14)28-2)19(26)23-7-5-13(6-8-23)20-18(25)16-3-4-17(24)22-21-16/h3-4,9-11,13H,5-8H2,1-2H3,(H,20,25)(H,22,24). The van der Waals surface area contributed by atoms with E-state index in [2.05, 4.69) is 15.5 Å². The molecule has 9 nitrogen and oxygen atoms in total. The van der Waals surface area contributed by atoms with Crippen molar-refractivity contribution in [3.63, 3.8) is 0 Å². The van der Waals surface area contributed by atoms with Gasteiger partial charge in [0.15, 0.2) is 0 Å². The van der Waals surface area contributed by atoms with Gasteiger partial charge in [0.1, 0.15) is 17.2 Å². The highest BCUT2D eigenvalue weighted by Gasteiger charge is 2.25. The normalized spacial score (nSPS) is 14.4. The molecule has 2 N–H and O–H groups in total. The Bertz CT molecular complexity index is 876. The zero-order valence-electron chi connectivity index (χ0n) is 15.7. The van der Waals surface area contributed by atoms with Crippen molar-refractivity contribution >= 4 is 11.8 Å². The lowest BCUT2D eigenvalue weighted by Gasteiger charge is -2.32. The SMILES string of the molecule is COc1cc(OC)cc(C(=O)N2CCC(NC(=O)c3ccc(=O)[nH]n3)CC2)c1. The molecule has 0 aliphatic carbocycles. The molecule has 28 heavy (non-hydrogen) atoms. The Morgan fingerprint density at radius 1 is 1.11 bits per heavy atom. The van der Waals surface area contributed by atoms with Crippen LogP contribution in [0.3, 0.4) is 0 Å². The minimum Gasteiger partial charge on any atom is -0.497 e. The molecule has 0 spiro atoms. The van der Waals surface area contributed by atoms with Gasteiger partial charge >= 0.3 is 0 Å². The summed E-state index contributed by atoms with van der Waals surface area (Å²) in [7, 11) is 3.07. The maximum absolute atomic E-state index is 12.8. The van der Waals surface area contributed by atoms with Gasteiger partial charge in [0.25, 0.3) is 17.4 Å². The van der Waals surface area contributed by atoms with Crippen LogP contribution in [0.5, 0.6) is 11.5 Å². The number of aromatic amines is 1. The maximum Gasteiger partial charge on any atom is 0.271 e. The highest BCUT2D eigenvalue weighted by atomic mass is 16.5. The van der Waals surface area contributed by atoms with Gasteiger partial charge in [-0.3, -0.25) is 14.4 Å². The third kappa shape index (κ3) is 4.48. The van der Waals surface area contributed by atoms with Gasteiger partial charge in [0.2, 0.25) is 0 Å². The minimum absolute atomic E-state index is 0.0647. The molecule has 0 atom stereocenters. The molecule has 0 bridgehead atoms. The molecule has 9 heteroatoms. The largest absolute Gasteiger partial charge is 0.497 e. The van der Waals surface area contributed by atoms with E-state index in [1.807, 2.05) is 0 Å². The fourth-order valence-corrected chi connectivity index (χ4v) is 3.07. The molecule has 0 saturated carbocycles. The number of nitrogens with one attached hydrogen (secondary N) is 2. The van der Waals surface area contributed by atoms with Crippen molar-refractivity contribution in [3.8, 4) is 11.5 Å². The maximum atomic E-state index is 12.8. The van der Waals surface area contributed by atoms with Gasteiger partial charge in [-0.25, -0.2) is 5.10 Å². The average Bonchev–Trinajstić information content (AvgIpc) is 2.73. The van der Waals surface area contributed by atoms with Crippen LogP contribution in [0.25, 0.3) is 0 Å². The summed E-state index contributed by atoms with van der Waals surface area (Å²) < 4.78 is 10.4. The number of hydrogen-bond donors (Lipinski definition) is 2. The van der Waals surface area contributed by atoms with Crippen molar-refractivity contribution in [3.05, 3.63) is 51.9 Å². The quantitative estimate of drug-likeness (QED) is 0.787. The minimum atomic E-state index is -0.363. The van der Waals surface area contributed by atoms with Gasteiger partial charge in [-0.2, -0.15) is 5.10 Å². The van der Waals surface area contributed by atoms with Crippen molar-refractivity contribution in [2.75, 3.05) is 27.3 Å². The van der Waals surface area contributed by atoms with E-state index >= 15 is 0 Å². The first-order valence-electron chi connectivity index (χ1n) is 8.89. The molecule has 0 radical (unpaired) electrons. The Kier molecular flexibility index (Phi) is 5.93. The Balaban J connectivity index is 1.59. The smallest absolute Gasteiger partial charge is 0.271 e. The van der Waals surface area contributed by atoms with Crippen LogP contribution in [-0.4, -0.2) is 60.3 Å². The Hall–Kier alpha value is -3.36. The molecule has 2 heterocycles. The summed E-state index contributed by atoms with van der Waals surface area (Å²) in [6, 6.07) is 7.64. The number of ether oxygens (including phenoxy) is 2. The van der Waals surface area contributed by atoms with Crippen molar-refractivity contribution in [2.45, 2.75) is 18.9 Å². The number of nitrogens with zero attached hydrogens (tertiary/aromatic N) is 2. The molecule has 1 aliphatic rings. The van der Waals surface area contributed by atoms with E-state index in [9.17, 15) is 14.4 Å². The van der Waals surface area contributed by atoms with E-state index in [0.717, 1.165) is 0 Å². The monoisotopic (exact) mass is 386 g/mol. The van der Waals surface area contributed by atoms with Crippen LogP contribution in [0.1, 0.15) is 33.7 Å². The molecule has 1 aromatic heterocycles. The molecule has 148 valence electrons. The lowest BCUT2D eigenvalue weighted by Crippen LogP contribution is -2.46. The third-order valence-electron chi connectivity index (χ3n) is 4.63. The molecular weight excluding hydrogens is 364 g/mol. The zero-order valence-corrected chi connectivity index (χ0v) is 15.7. The zero-order chi connectivity index (χ0) is 20.1. The van der Waals surface area contributed by atoms with Gasteiger partial charge in [0, 0.05) is 36.8 Å². The molecule has 1 aliphatic heterocycles. The van der Waals surface area contributed by atoms with Gasteiger partial charge in [0.05, 0.1) is 14.2 Å². The van der Waals surface area contributed by atoms with Gasteiger partial charge in [-0.15, -0.1) is 0 Å². The first-order chi connectivity index (χ1) is 13.5. The van der Waals surface area contributed by atoms with E-state index in [-0.39, 0.29) is 29.1 Å². The third-order valence-corrected chi connectivity index (χ3v) is 4.63. The molecule has 2 aromatic rings. The van der Waals surface area contributed by atoms with Crippen molar-refractivity contribution in [1.82, 2.24) is 20.4 Å². The summed E-state index contributed by atoms with van der Waals surface area (Å²) in [5.74, 6) is 0.652. The number of methoxy groups -OCH3 is 2. The second kappa shape index (κ2) is 8.55. The van der Waals surface area contributed by atoms with Crippen LogP contribution in [0.15, 0.2) is 35.1 Å². The molecule has 1 aromatic carbocycles. The second-order valence-corrected chi connectivity index (χ2v) is 6.45. The lowest BCUT2D eigenvalue weighted by atomic mass is 10.0. The van der Waals surface area contributed by atoms with Crippen LogP contribution in [-0.2, 0) is 0 Å². The molecule has 1 saturated heterocycles. The lowest BCUT2D eigenvalue weighted by molar-refractivity contribution is 0.0697. The number of carbonyl (C=O) groups excluding carboxylic acids is 2. The number of hydrogen-bond acceptors (Lipinski definition) is 6. The summed E-state index contributed by atoms with van der Waals surface area (Å²) >= 11 is 0. The molecule has 2 amide bonds. The number of likely N-dealkylation sites (tertiary alicyclic amines) is 1. The van der Waals surface area contributed by atoms with E-state index in [0.29, 0.717) is 43.0 Å². The molecule has 1 fully saturated rings. The van der Waals surface area contributed by atoms with Crippen LogP contribution in [0.4, 0.5) is 0 Å². The number of H-pyrrole nitrogens is 1. The van der Waals surface area contributed by atoms with Gasteiger partial charge < -0.3 is 19.7 Å². The van der Waals surface area contributed by atoms with Gasteiger partial charge in [-0.05, 0) is 31.0 Å². The van der Waals surface area contributed by atoms with Crippen LogP contribution < -0.4 is 20.3 Å². The summed E-state index contributed by atoms with van der Waals surface area (Å²) in [4.78, 5) is 37.8. The number of aromatic nitrogens is 2. The average molecular weight is 386 g/mol. The van der Waals surface area contributed by atoms with Crippen LogP contribution in [0, 0.1) is 0 Å². The second-order valence-electron chi connectivity index (χ2n) is 6.45. The predicted molar refractivity (Wildman–Crippen MR) is 101 cm³/mol. The number of amides is 2. The van der Waals surface area contributed by atoms with Crippen LogP contribution >= 0.6 is 0 Å². The summed E-state index contributed by atoms with van der Waals surface area (Å²) in [6.07, 6.45) is 1.25. The topological polar surface area (TPSA) is 114 Å². The van der Waals surface area contributed by atoms with E-state index in [4.69, 9.17) is 9.47 Å². The first kappa shape index (κ1) is 19.4. The fraction of sp³-hybridized carbons (Fsp3) is 0.368. The number of benzene rings is 1. The number of rotatable bonds is 5. The molecule has 0 unspecified atom stereocenters.